The van der Waals surface area contributed by atoms with E-state index in [0.29, 0.717) is 0 Å². The molecule has 0 N–H and O–H groups in total. The molecule has 0 aromatic heterocycles. The summed E-state index contributed by atoms with van der Waals surface area (Å²) >= 11 is 3.70. The molecule has 0 aromatic rings. The van der Waals surface area contributed by atoms with E-state index < -0.39 is 0 Å². The van der Waals surface area contributed by atoms with Crippen LogP contribution in [0.3, 0.4) is 0 Å². The summed E-state index contributed by atoms with van der Waals surface area (Å²) in [5.41, 5.74) is 0. The molecule has 0 aromatic carbocycles. The highest BCUT2D eigenvalue weighted by atomic mass is 32.1. The topological polar surface area (TPSA) is 22.3 Å². The van der Waals surface area contributed by atoms with Gasteiger partial charge in [0.2, 0.25) is 0 Å². The molecule has 0 saturated heterocycles. The predicted octanol–water partition coefficient (Wildman–Crippen LogP) is 5.66. The first-order valence-electron chi connectivity index (χ1n) is 8.52. The van der Waals surface area contributed by atoms with Gasteiger partial charge in [0.1, 0.15) is 0 Å². The molecule has 0 rings (SSSR count). The highest BCUT2D eigenvalue weighted by molar-refractivity contribution is 7.78. The molecule has 0 fully saturated rings. The lowest BCUT2D eigenvalue weighted by molar-refractivity contribution is -0.929. The predicted molar refractivity (Wildman–Crippen MR) is 95.3 cm³/mol. The van der Waals surface area contributed by atoms with Crippen LogP contribution in [-0.2, 0) is 0 Å². The van der Waals surface area contributed by atoms with Crippen molar-refractivity contribution < 1.29 is 4.48 Å². The molecule has 0 aliphatic carbocycles. The smallest absolute Gasteiger partial charge is 0.0786 e. The zero-order valence-electron chi connectivity index (χ0n) is 14.3. The van der Waals surface area contributed by atoms with Crippen LogP contribution in [0.2, 0.25) is 0 Å². The van der Waals surface area contributed by atoms with Crippen molar-refractivity contribution in [3.05, 3.63) is 5.41 Å². The van der Waals surface area contributed by atoms with E-state index >= 15 is 0 Å². The maximum atomic E-state index is 7.13. The lowest BCUT2D eigenvalue weighted by Gasteiger charge is -2.39. The third-order valence-corrected chi connectivity index (χ3v) is 3.94. The van der Waals surface area contributed by atoms with E-state index in [1.807, 2.05) is 0 Å². The minimum Gasteiger partial charge on any atom is -0.753 e. The Kier molecular flexibility index (Phi) is 18.5. The van der Waals surface area contributed by atoms with Crippen LogP contribution in [0.5, 0.6) is 0 Å². The largest absolute Gasteiger partial charge is 0.753 e. The Morgan fingerprint density at radius 3 is 1.05 bits per heavy atom. The standard InChI is InChI=1S/C16H36N.CNS/c1-5-9-13-17(14-10-6-2,15-11-7-3)16-12-8-4;2-1-3/h5-16H2,1-4H3;/q+1;-1. The molecule has 0 heterocycles. The van der Waals surface area contributed by atoms with Crippen LogP contribution in [0.25, 0.3) is 5.41 Å². The summed E-state index contributed by atoms with van der Waals surface area (Å²) < 4.78 is 1.42. The van der Waals surface area contributed by atoms with Crippen LogP contribution in [0.15, 0.2) is 0 Å². The molecule has 0 bridgehead atoms. The molecule has 0 saturated carbocycles. The first kappa shape index (κ1) is 22.0. The SMILES string of the molecule is CCCC[N+](CCCC)(CCCC)CCCC.[N-]=C=S. The minimum absolute atomic E-state index is 1.33. The van der Waals surface area contributed by atoms with E-state index in [4.69, 9.17) is 5.41 Å². The van der Waals surface area contributed by atoms with E-state index in [1.54, 1.807) is 0 Å². The van der Waals surface area contributed by atoms with Crippen molar-refractivity contribution in [2.45, 2.75) is 79.1 Å². The fourth-order valence-electron chi connectivity index (χ4n) is 2.64. The molecular weight excluding hydrogens is 264 g/mol. The normalized spacial score (nSPS) is 10.6. The van der Waals surface area contributed by atoms with Gasteiger partial charge in [0.25, 0.3) is 0 Å². The third-order valence-electron chi connectivity index (χ3n) is 3.94. The minimum atomic E-state index is 1.33. The van der Waals surface area contributed by atoms with Crippen LogP contribution in [0.1, 0.15) is 79.1 Å². The van der Waals surface area contributed by atoms with Crippen LogP contribution in [0.4, 0.5) is 0 Å². The fraction of sp³-hybridized carbons (Fsp3) is 0.941. The van der Waals surface area contributed by atoms with Gasteiger partial charge in [-0.15, -0.1) is 0 Å². The van der Waals surface area contributed by atoms with Crippen molar-refractivity contribution in [1.29, 1.82) is 0 Å². The second-order valence-electron chi connectivity index (χ2n) is 5.74. The zero-order chi connectivity index (χ0) is 15.7. The first-order chi connectivity index (χ1) is 9.66. The highest BCUT2D eigenvalue weighted by Gasteiger charge is 2.24. The summed E-state index contributed by atoms with van der Waals surface area (Å²) in [4.78, 5) is 0. The van der Waals surface area contributed by atoms with Gasteiger partial charge >= 0.3 is 0 Å². The Morgan fingerprint density at radius 1 is 0.700 bits per heavy atom. The molecule has 0 atom stereocenters. The average molecular weight is 301 g/mol. The number of quaternary nitrogens is 1. The number of rotatable bonds is 12. The Morgan fingerprint density at radius 2 is 0.900 bits per heavy atom. The van der Waals surface area contributed by atoms with Crippen molar-refractivity contribution in [2.24, 2.45) is 0 Å². The number of hydrogen-bond acceptors (Lipinski definition) is 1. The van der Waals surface area contributed by atoms with Crippen molar-refractivity contribution in [2.75, 3.05) is 26.2 Å². The number of nitrogens with zero attached hydrogens (tertiary/aromatic N) is 2. The Balaban J connectivity index is 0. The van der Waals surface area contributed by atoms with Crippen LogP contribution < -0.4 is 0 Å². The molecule has 20 heavy (non-hydrogen) atoms. The van der Waals surface area contributed by atoms with Crippen LogP contribution >= 0.6 is 12.2 Å². The van der Waals surface area contributed by atoms with E-state index in [9.17, 15) is 0 Å². The Labute approximate surface area is 133 Å². The highest BCUT2D eigenvalue weighted by Crippen LogP contribution is 2.16. The van der Waals surface area contributed by atoms with Crippen LogP contribution in [0, 0.1) is 0 Å². The molecular formula is C17H36N2S. The number of hydrogen-bond donors (Lipinski definition) is 0. The van der Waals surface area contributed by atoms with Crippen LogP contribution in [-0.4, -0.2) is 35.8 Å². The molecule has 0 amide bonds. The van der Waals surface area contributed by atoms with Gasteiger partial charge in [0.15, 0.2) is 0 Å². The summed E-state index contributed by atoms with van der Waals surface area (Å²) in [5.74, 6) is 0. The van der Waals surface area contributed by atoms with Gasteiger partial charge in [0.05, 0.1) is 26.2 Å². The van der Waals surface area contributed by atoms with Gasteiger partial charge in [-0.05, 0) is 25.7 Å². The van der Waals surface area contributed by atoms with Crippen molar-refractivity contribution in [3.8, 4) is 0 Å². The van der Waals surface area contributed by atoms with Gasteiger partial charge in [-0.2, -0.15) is 5.16 Å². The summed E-state index contributed by atoms with van der Waals surface area (Å²) in [6.45, 7) is 15.0. The van der Waals surface area contributed by atoms with E-state index in [0.717, 1.165) is 0 Å². The van der Waals surface area contributed by atoms with Gasteiger partial charge in [-0.1, -0.05) is 65.6 Å². The summed E-state index contributed by atoms with van der Waals surface area (Å²) in [6.07, 6.45) is 11.1. The summed E-state index contributed by atoms with van der Waals surface area (Å²) in [7, 11) is 0. The van der Waals surface area contributed by atoms with Gasteiger partial charge < -0.3 is 9.89 Å². The van der Waals surface area contributed by atoms with Crippen molar-refractivity contribution in [3.63, 3.8) is 0 Å². The molecule has 0 unspecified atom stereocenters. The lowest BCUT2D eigenvalue weighted by Crippen LogP contribution is -2.50. The Hall–Kier alpha value is -0.240. The molecule has 2 nitrogen and oxygen atoms in total. The third kappa shape index (κ3) is 12.8. The second kappa shape index (κ2) is 16.8. The number of isothiocyanates is 1. The van der Waals surface area contributed by atoms with Gasteiger partial charge in [-0.3, -0.25) is 0 Å². The molecule has 0 radical (unpaired) electrons. The Bertz CT molecular complexity index is 186. The average Bonchev–Trinajstić information content (AvgIpc) is 2.46. The monoisotopic (exact) mass is 300 g/mol. The summed E-state index contributed by atoms with van der Waals surface area (Å²) in [5, 5.41) is 8.47. The van der Waals surface area contributed by atoms with E-state index in [-0.39, 0.29) is 0 Å². The maximum Gasteiger partial charge on any atom is 0.0786 e. The molecule has 0 spiro atoms. The fourth-order valence-corrected chi connectivity index (χ4v) is 2.64. The summed E-state index contributed by atoms with van der Waals surface area (Å²) in [6, 6.07) is 0. The molecule has 0 aliphatic heterocycles. The van der Waals surface area contributed by atoms with Gasteiger partial charge in [0, 0.05) is 0 Å². The molecule has 0 aliphatic rings. The van der Waals surface area contributed by atoms with E-state index in [2.05, 4.69) is 39.9 Å². The van der Waals surface area contributed by atoms with E-state index in [1.165, 1.54) is 87.2 Å². The molecule has 120 valence electrons. The molecule has 3 heteroatoms. The maximum absolute atomic E-state index is 7.13. The first-order valence-corrected chi connectivity index (χ1v) is 8.93. The lowest BCUT2D eigenvalue weighted by atomic mass is 10.1. The number of unbranched alkanes of at least 4 members (excludes halogenated alkanes) is 4. The van der Waals surface area contributed by atoms with Crippen molar-refractivity contribution in [1.82, 2.24) is 0 Å². The van der Waals surface area contributed by atoms with Crippen molar-refractivity contribution >= 4 is 17.4 Å². The second-order valence-corrected chi connectivity index (χ2v) is 5.92. The van der Waals surface area contributed by atoms with Gasteiger partial charge in [-0.25, -0.2) is 0 Å². The zero-order valence-corrected chi connectivity index (χ0v) is 15.1. The number of thiocarbonyl (C=S) groups is 1. The quantitative estimate of drug-likeness (QED) is 0.259.